The Morgan fingerprint density at radius 1 is 1.35 bits per heavy atom. The van der Waals surface area contributed by atoms with Crippen LogP contribution in [0.1, 0.15) is 44.1 Å². The van der Waals surface area contributed by atoms with E-state index in [1.165, 1.54) is 0 Å². The maximum atomic E-state index is 12.7. The van der Waals surface area contributed by atoms with E-state index in [0.717, 1.165) is 30.7 Å². The molecule has 0 bridgehead atoms. The highest BCUT2D eigenvalue weighted by Gasteiger charge is 2.27. The summed E-state index contributed by atoms with van der Waals surface area (Å²) in [5.41, 5.74) is 0.975. The Morgan fingerprint density at radius 2 is 2.04 bits per heavy atom. The van der Waals surface area contributed by atoms with Gasteiger partial charge >= 0.3 is 5.97 Å². The molecule has 5 nitrogen and oxygen atoms in total. The van der Waals surface area contributed by atoms with Gasteiger partial charge in [0.25, 0.3) is 0 Å². The van der Waals surface area contributed by atoms with E-state index in [-0.39, 0.29) is 18.2 Å². The predicted octanol–water partition coefficient (Wildman–Crippen LogP) is 2.90. The zero-order chi connectivity index (χ0) is 16.8. The Hall–Kier alpha value is -2.04. The summed E-state index contributed by atoms with van der Waals surface area (Å²) in [7, 11) is 1.62. The maximum Gasteiger partial charge on any atom is 0.303 e. The van der Waals surface area contributed by atoms with Crippen LogP contribution in [0.15, 0.2) is 24.3 Å². The monoisotopic (exact) mass is 319 g/mol. The highest BCUT2D eigenvalue weighted by atomic mass is 16.5. The molecule has 0 saturated carbocycles. The van der Waals surface area contributed by atoms with Crippen molar-refractivity contribution in [2.24, 2.45) is 5.92 Å². The van der Waals surface area contributed by atoms with Crippen molar-refractivity contribution in [2.75, 3.05) is 20.2 Å². The molecule has 1 aromatic rings. The molecule has 0 radical (unpaired) electrons. The fourth-order valence-corrected chi connectivity index (χ4v) is 3.14. The van der Waals surface area contributed by atoms with Crippen molar-refractivity contribution in [1.82, 2.24) is 4.90 Å². The molecule has 2 rings (SSSR count). The van der Waals surface area contributed by atoms with Crippen LogP contribution >= 0.6 is 0 Å². The maximum absolute atomic E-state index is 12.7. The van der Waals surface area contributed by atoms with Crippen molar-refractivity contribution in [3.05, 3.63) is 29.8 Å². The molecule has 23 heavy (non-hydrogen) atoms. The summed E-state index contributed by atoms with van der Waals surface area (Å²) in [4.78, 5) is 25.3. The number of aliphatic carboxylic acids is 1. The zero-order valence-electron chi connectivity index (χ0n) is 13.8. The third kappa shape index (κ3) is 4.71. The Morgan fingerprint density at radius 3 is 2.65 bits per heavy atom. The lowest BCUT2D eigenvalue weighted by atomic mass is 9.91. The van der Waals surface area contributed by atoms with Crippen LogP contribution in [0.2, 0.25) is 0 Å². The number of ether oxygens (including phenoxy) is 1. The summed E-state index contributed by atoms with van der Waals surface area (Å²) in [6, 6.07) is 7.58. The molecule has 1 N–H and O–H groups in total. The minimum Gasteiger partial charge on any atom is -0.497 e. The van der Waals surface area contributed by atoms with Crippen molar-refractivity contribution in [3.8, 4) is 5.75 Å². The van der Waals surface area contributed by atoms with Crippen LogP contribution in [0.4, 0.5) is 0 Å². The van der Waals surface area contributed by atoms with Crippen molar-refractivity contribution < 1.29 is 19.4 Å². The molecule has 1 fully saturated rings. The molecule has 5 heteroatoms. The fraction of sp³-hybridized carbons (Fsp3) is 0.556. The molecular formula is C18H25NO4. The number of benzene rings is 1. The quantitative estimate of drug-likeness (QED) is 0.875. The number of carbonyl (C=O) groups excluding carboxylic acids is 1. The molecule has 0 spiro atoms. The first-order chi connectivity index (χ1) is 11.0. The van der Waals surface area contributed by atoms with E-state index in [0.29, 0.717) is 18.9 Å². The van der Waals surface area contributed by atoms with Crippen LogP contribution in [0.25, 0.3) is 0 Å². The van der Waals surface area contributed by atoms with Crippen molar-refractivity contribution in [2.45, 2.75) is 38.5 Å². The van der Waals surface area contributed by atoms with E-state index >= 15 is 0 Å². The minimum atomic E-state index is -0.764. The Kier molecular flexibility index (Phi) is 6.02. The fourth-order valence-electron chi connectivity index (χ4n) is 3.14. The first-order valence-electron chi connectivity index (χ1n) is 8.15. The highest BCUT2D eigenvalue weighted by molar-refractivity contribution is 5.83. The second-order valence-corrected chi connectivity index (χ2v) is 6.22. The number of piperidine rings is 1. The predicted molar refractivity (Wildman–Crippen MR) is 87.6 cm³/mol. The number of nitrogens with zero attached hydrogens (tertiary/aromatic N) is 1. The van der Waals surface area contributed by atoms with Crippen LogP contribution in [0, 0.1) is 5.92 Å². The van der Waals surface area contributed by atoms with E-state index in [2.05, 4.69) is 0 Å². The lowest BCUT2D eigenvalue weighted by Gasteiger charge is -2.34. The van der Waals surface area contributed by atoms with E-state index in [4.69, 9.17) is 9.84 Å². The number of likely N-dealkylation sites (tertiary alicyclic amines) is 1. The summed E-state index contributed by atoms with van der Waals surface area (Å²) < 4.78 is 5.14. The SMILES string of the molecule is COc1ccc(C(C)C(=O)N2CCCC(CCC(=O)O)C2)cc1. The van der Waals surface area contributed by atoms with Gasteiger partial charge < -0.3 is 14.7 Å². The average Bonchev–Trinajstić information content (AvgIpc) is 2.59. The van der Waals surface area contributed by atoms with Crippen molar-refractivity contribution in [3.63, 3.8) is 0 Å². The lowest BCUT2D eigenvalue weighted by molar-refractivity contribution is -0.137. The second-order valence-electron chi connectivity index (χ2n) is 6.22. The van der Waals surface area contributed by atoms with Gasteiger partial charge in [-0.25, -0.2) is 0 Å². The Labute approximate surface area is 137 Å². The second kappa shape index (κ2) is 7.99. The summed E-state index contributed by atoms with van der Waals surface area (Å²) in [6.07, 6.45) is 2.79. The molecule has 2 atom stereocenters. The van der Waals surface area contributed by atoms with E-state index in [1.54, 1.807) is 7.11 Å². The van der Waals surface area contributed by atoms with E-state index < -0.39 is 5.97 Å². The van der Waals surface area contributed by atoms with Crippen LogP contribution in [-0.2, 0) is 9.59 Å². The average molecular weight is 319 g/mol. The molecule has 1 aliphatic rings. The van der Waals surface area contributed by atoms with Gasteiger partial charge in [-0.05, 0) is 49.8 Å². The first kappa shape index (κ1) is 17.3. The number of rotatable bonds is 6. The molecule has 1 saturated heterocycles. The van der Waals surface area contributed by atoms with Crippen LogP contribution in [-0.4, -0.2) is 42.1 Å². The Balaban J connectivity index is 1.96. The number of methoxy groups -OCH3 is 1. The number of carboxylic acids is 1. The summed E-state index contributed by atoms with van der Waals surface area (Å²) in [5, 5.41) is 8.81. The van der Waals surface area contributed by atoms with Gasteiger partial charge in [0, 0.05) is 19.5 Å². The molecule has 2 unspecified atom stereocenters. The topological polar surface area (TPSA) is 66.8 Å². The smallest absolute Gasteiger partial charge is 0.303 e. The van der Waals surface area contributed by atoms with Gasteiger partial charge in [-0.3, -0.25) is 9.59 Å². The molecule has 126 valence electrons. The van der Waals surface area contributed by atoms with Gasteiger partial charge in [-0.1, -0.05) is 12.1 Å². The van der Waals surface area contributed by atoms with Crippen molar-refractivity contribution in [1.29, 1.82) is 0 Å². The summed E-state index contributed by atoms with van der Waals surface area (Å²) in [5.74, 6) is 0.237. The molecule has 1 aromatic carbocycles. The van der Waals surface area contributed by atoms with Gasteiger partial charge in [0.1, 0.15) is 5.75 Å². The van der Waals surface area contributed by atoms with Gasteiger partial charge in [0.2, 0.25) is 5.91 Å². The lowest BCUT2D eigenvalue weighted by Crippen LogP contribution is -2.42. The first-order valence-corrected chi connectivity index (χ1v) is 8.15. The molecule has 1 amide bonds. The van der Waals surface area contributed by atoms with Gasteiger partial charge in [-0.15, -0.1) is 0 Å². The Bertz CT molecular complexity index is 540. The minimum absolute atomic E-state index is 0.121. The number of hydrogen-bond acceptors (Lipinski definition) is 3. The third-order valence-corrected chi connectivity index (χ3v) is 4.58. The van der Waals surface area contributed by atoms with Crippen LogP contribution < -0.4 is 4.74 Å². The summed E-state index contributed by atoms with van der Waals surface area (Å²) >= 11 is 0. The highest BCUT2D eigenvalue weighted by Crippen LogP contribution is 2.26. The number of amides is 1. The van der Waals surface area contributed by atoms with Crippen molar-refractivity contribution >= 4 is 11.9 Å². The van der Waals surface area contributed by atoms with E-state index in [1.807, 2.05) is 36.1 Å². The standard InChI is InChI=1S/C18H25NO4/c1-13(15-6-8-16(23-2)9-7-15)18(22)19-11-3-4-14(12-19)5-10-17(20)21/h6-9,13-14H,3-5,10-12H2,1-2H3,(H,20,21). The summed E-state index contributed by atoms with van der Waals surface area (Å²) in [6.45, 7) is 3.36. The third-order valence-electron chi connectivity index (χ3n) is 4.58. The molecule has 1 heterocycles. The molecular weight excluding hydrogens is 294 g/mol. The molecule has 0 aliphatic carbocycles. The van der Waals surface area contributed by atoms with E-state index in [9.17, 15) is 9.59 Å². The normalized spacial score (nSPS) is 19.2. The van der Waals surface area contributed by atoms with Gasteiger partial charge in [0.05, 0.1) is 13.0 Å². The molecule has 0 aromatic heterocycles. The number of hydrogen-bond donors (Lipinski definition) is 1. The zero-order valence-corrected chi connectivity index (χ0v) is 13.8. The molecule has 1 aliphatic heterocycles. The largest absolute Gasteiger partial charge is 0.497 e. The van der Waals surface area contributed by atoms with Gasteiger partial charge in [-0.2, -0.15) is 0 Å². The van der Waals surface area contributed by atoms with Gasteiger partial charge in [0.15, 0.2) is 0 Å². The van der Waals surface area contributed by atoms with Crippen LogP contribution in [0.3, 0.4) is 0 Å². The number of carboxylic acid groups (broad SMARTS) is 1. The number of carbonyl (C=O) groups is 2. The van der Waals surface area contributed by atoms with Crippen LogP contribution in [0.5, 0.6) is 5.75 Å².